The van der Waals surface area contributed by atoms with Crippen molar-refractivity contribution in [3.05, 3.63) is 71.7 Å². The second kappa shape index (κ2) is 10.7. The molecule has 8 heteroatoms. The van der Waals surface area contributed by atoms with Crippen molar-refractivity contribution in [3.8, 4) is 17.2 Å². The summed E-state index contributed by atoms with van der Waals surface area (Å²) in [4.78, 5) is 12.5. The van der Waals surface area contributed by atoms with Gasteiger partial charge in [0.1, 0.15) is 18.1 Å². The van der Waals surface area contributed by atoms with Crippen molar-refractivity contribution in [2.75, 3.05) is 11.9 Å². The molecule has 1 heterocycles. The van der Waals surface area contributed by atoms with E-state index in [-0.39, 0.29) is 30.5 Å². The summed E-state index contributed by atoms with van der Waals surface area (Å²) in [6.45, 7) is 3.39. The second-order valence-corrected chi connectivity index (χ2v) is 7.21. The minimum Gasteiger partial charge on any atom is -0.490 e. The number of alkyl halides is 2. The first-order valence-corrected chi connectivity index (χ1v) is 10.2. The van der Waals surface area contributed by atoms with Gasteiger partial charge in [-0.1, -0.05) is 26.0 Å². The Balaban J connectivity index is 1.61. The fraction of sp³-hybridized carbons (Fsp3) is 0.292. The van der Waals surface area contributed by atoms with Crippen LogP contribution < -0.4 is 19.5 Å². The van der Waals surface area contributed by atoms with Crippen LogP contribution >= 0.6 is 0 Å². The Morgan fingerprint density at radius 2 is 1.75 bits per heavy atom. The summed E-state index contributed by atoms with van der Waals surface area (Å²) in [5.74, 6) is 1.20. The topological polar surface area (TPSA) is 69.9 Å². The normalized spacial score (nSPS) is 11.0. The zero-order chi connectivity index (χ0) is 23.1. The number of benzene rings is 2. The summed E-state index contributed by atoms with van der Waals surface area (Å²) in [7, 11) is 0. The lowest BCUT2D eigenvalue weighted by Gasteiger charge is -2.13. The predicted octanol–water partition coefficient (Wildman–Crippen LogP) is 6.23. The van der Waals surface area contributed by atoms with Crippen molar-refractivity contribution in [2.24, 2.45) is 0 Å². The van der Waals surface area contributed by atoms with Gasteiger partial charge >= 0.3 is 6.61 Å². The van der Waals surface area contributed by atoms with Gasteiger partial charge in [-0.25, -0.2) is 0 Å². The maximum absolute atomic E-state index is 12.5. The lowest BCUT2D eigenvalue weighted by Crippen LogP contribution is -2.11. The molecule has 1 N–H and O–H groups in total. The lowest BCUT2D eigenvalue weighted by atomic mass is 10.0. The van der Waals surface area contributed by atoms with Crippen molar-refractivity contribution >= 4 is 11.6 Å². The molecule has 0 aliphatic heterocycles. The Morgan fingerprint density at radius 1 is 1.00 bits per heavy atom. The average Bonchev–Trinajstić information content (AvgIpc) is 3.23. The van der Waals surface area contributed by atoms with Gasteiger partial charge in [0.15, 0.2) is 17.3 Å². The van der Waals surface area contributed by atoms with E-state index in [9.17, 15) is 13.6 Å². The van der Waals surface area contributed by atoms with Crippen LogP contribution in [-0.2, 0) is 6.61 Å². The molecule has 32 heavy (non-hydrogen) atoms. The first-order valence-electron chi connectivity index (χ1n) is 10.2. The molecule has 170 valence electrons. The van der Waals surface area contributed by atoms with Crippen molar-refractivity contribution < 1.29 is 32.2 Å². The van der Waals surface area contributed by atoms with Crippen LogP contribution in [0.25, 0.3) is 0 Å². The molecule has 0 aliphatic carbocycles. The summed E-state index contributed by atoms with van der Waals surface area (Å²) in [5.41, 5.74) is 1.56. The predicted molar refractivity (Wildman–Crippen MR) is 116 cm³/mol. The Bertz CT molecular complexity index is 1030. The molecule has 0 bridgehead atoms. The van der Waals surface area contributed by atoms with Gasteiger partial charge in [0, 0.05) is 11.8 Å². The van der Waals surface area contributed by atoms with Gasteiger partial charge in [0.2, 0.25) is 0 Å². The number of anilines is 1. The number of carbonyl (C=O) groups is 1. The SMILES string of the molecule is CCOc1cc(NC(=O)c2ccc(COc3ccc(C(C)C)cc3)o2)ccc1OC(F)F. The minimum absolute atomic E-state index is 0.0876. The summed E-state index contributed by atoms with van der Waals surface area (Å²) in [6, 6.07) is 15.1. The van der Waals surface area contributed by atoms with Gasteiger partial charge in [0.05, 0.1) is 6.61 Å². The number of ether oxygens (including phenoxy) is 3. The lowest BCUT2D eigenvalue weighted by molar-refractivity contribution is -0.0514. The third-order valence-corrected chi connectivity index (χ3v) is 4.53. The van der Waals surface area contributed by atoms with Crippen molar-refractivity contribution in [1.82, 2.24) is 0 Å². The van der Waals surface area contributed by atoms with E-state index >= 15 is 0 Å². The maximum Gasteiger partial charge on any atom is 0.387 e. The molecule has 0 saturated heterocycles. The van der Waals surface area contributed by atoms with Gasteiger partial charge in [-0.15, -0.1) is 0 Å². The number of carbonyl (C=O) groups excluding carboxylic acids is 1. The molecule has 2 aromatic carbocycles. The zero-order valence-corrected chi connectivity index (χ0v) is 18.1. The highest BCUT2D eigenvalue weighted by molar-refractivity contribution is 6.02. The van der Waals surface area contributed by atoms with Crippen molar-refractivity contribution in [2.45, 2.75) is 39.9 Å². The molecule has 3 rings (SSSR count). The van der Waals surface area contributed by atoms with Crippen molar-refractivity contribution in [3.63, 3.8) is 0 Å². The van der Waals surface area contributed by atoms with Gasteiger partial charge < -0.3 is 23.9 Å². The smallest absolute Gasteiger partial charge is 0.387 e. The maximum atomic E-state index is 12.5. The molecule has 0 spiro atoms. The standard InChI is InChI=1S/C24H25F2NO5/c1-4-29-22-13-17(7-11-20(22)32-24(25)26)27-23(28)21-12-10-19(31-21)14-30-18-8-5-16(6-9-18)15(2)3/h5-13,15,24H,4,14H2,1-3H3,(H,27,28). The van der Waals surface area contributed by atoms with Gasteiger partial charge in [-0.3, -0.25) is 4.79 Å². The van der Waals surface area contributed by atoms with Crippen LogP contribution in [0.4, 0.5) is 14.5 Å². The Morgan fingerprint density at radius 3 is 2.41 bits per heavy atom. The molecule has 1 amide bonds. The summed E-state index contributed by atoms with van der Waals surface area (Å²) < 4.78 is 46.1. The highest BCUT2D eigenvalue weighted by Gasteiger charge is 2.15. The largest absolute Gasteiger partial charge is 0.490 e. The molecular weight excluding hydrogens is 420 g/mol. The Kier molecular flexibility index (Phi) is 7.70. The molecule has 0 aliphatic rings. The highest BCUT2D eigenvalue weighted by atomic mass is 19.3. The molecule has 0 radical (unpaired) electrons. The number of furan rings is 1. The van der Waals surface area contributed by atoms with Crippen LogP contribution in [0.5, 0.6) is 17.2 Å². The van der Waals surface area contributed by atoms with Crippen LogP contribution in [-0.4, -0.2) is 19.1 Å². The molecule has 0 saturated carbocycles. The van der Waals surface area contributed by atoms with Gasteiger partial charge in [-0.05, 0) is 54.8 Å². The average molecular weight is 445 g/mol. The number of hydrogen-bond donors (Lipinski definition) is 1. The van der Waals surface area contributed by atoms with Gasteiger partial charge in [0.25, 0.3) is 5.91 Å². The van der Waals surface area contributed by atoms with E-state index in [0.717, 1.165) is 0 Å². The number of nitrogens with one attached hydrogen (secondary N) is 1. The van der Waals surface area contributed by atoms with Crippen LogP contribution in [0, 0.1) is 0 Å². The fourth-order valence-corrected chi connectivity index (χ4v) is 2.92. The molecule has 0 unspecified atom stereocenters. The number of amides is 1. The van der Waals surface area contributed by atoms with E-state index in [0.29, 0.717) is 23.1 Å². The second-order valence-electron chi connectivity index (χ2n) is 7.21. The monoisotopic (exact) mass is 445 g/mol. The molecule has 0 atom stereocenters. The van der Waals surface area contributed by atoms with E-state index in [4.69, 9.17) is 13.9 Å². The Hall–Kier alpha value is -3.55. The third kappa shape index (κ3) is 6.23. The van der Waals surface area contributed by atoms with Gasteiger partial charge in [-0.2, -0.15) is 8.78 Å². The quantitative estimate of drug-likeness (QED) is 0.400. The molecular formula is C24H25F2NO5. The minimum atomic E-state index is -2.98. The van der Waals surface area contributed by atoms with E-state index in [2.05, 4.69) is 23.9 Å². The summed E-state index contributed by atoms with van der Waals surface area (Å²) in [6.07, 6.45) is 0. The molecule has 3 aromatic rings. The number of rotatable bonds is 10. The summed E-state index contributed by atoms with van der Waals surface area (Å²) >= 11 is 0. The fourth-order valence-electron chi connectivity index (χ4n) is 2.92. The number of halogens is 2. The Labute approximate surface area is 185 Å². The molecule has 6 nitrogen and oxygen atoms in total. The van der Waals surface area contributed by atoms with E-state index in [1.54, 1.807) is 13.0 Å². The van der Waals surface area contributed by atoms with Crippen LogP contribution in [0.2, 0.25) is 0 Å². The zero-order valence-electron chi connectivity index (χ0n) is 18.1. The van der Waals surface area contributed by atoms with E-state index in [1.165, 1.54) is 29.8 Å². The van der Waals surface area contributed by atoms with E-state index < -0.39 is 12.5 Å². The number of hydrogen-bond acceptors (Lipinski definition) is 5. The van der Waals surface area contributed by atoms with Crippen LogP contribution in [0.15, 0.2) is 59.0 Å². The molecule has 0 fully saturated rings. The summed E-state index contributed by atoms with van der Waals surface area (Å²) in [5, 5.41) is 2.64. The van der Waals surface area contributed by atoms with Crippen LogP contribution in [0.1, 0.15) is 48.6 Å². The van der Waals surface area contributed by atoms with Crippen LogP contribution in [0.3, 0.4) is 0 Å². The highest BCUT2D eigenvalue weighted by Crippen LogP contribution is 2.32. The third-order valence-electron chi connectivity index (χ3n) is 4.53. The van der Waals surface area contributed by atoms with Crippen molar-refractivity contribution in [1.29, 1.82) is 0 Å². The first-order chi connectivity index (χ1) is 15.4. The first kappa shape index (κ1) is 23.1. The molecule has 1 aromatic heterocycles. The van der Waals surface area contributed by atoms with E-state index in [1.807, 2.05) is 24.3 Å².